The third-order valence-corrected chi connectivity index (χ3v) is 14.7. The number of aromatic nitrogens is 9. The molecule has 123 heavy (non-hydrogen) atoms. The molecule has 6 heterocycles. The van der Waals surface area contributed by atoms with Crippen LogP contribution in [0.4, 0.5) is 18.9 Å². The molecule has 14 rings (SSSR count). The largest absolute Gasteiger partial charge is 0.512 e. The summed E-state index contributed by atoms with van der Waals surface area (Å²) in [5.74, 6) is -0.250. The predicted molar refractivity (Wildman–Crippen MR) is 454 cm³/mol. The van der Waals surface area contributed by atoms with E-state index in [-0.39, 0.29) is 167 Å². The van der Waals surface area contributed by atoms with Gasteiger partial charge in [-0.25, -0.2) is 4.85 Å². The van der Waals surface area contributed by atoms with E-state index in [9.17, 15) is 32.3 Å². The maximum atomic E-state index is 12.3. The molecular weight excluding hydrogens is 2680 g/mol. The maximum Gasteiger partial charge on any atom is 0.417 e. The van der Waals surface area contributed by atoms with Gasteiger partial charge in [0.05, 0.1) is 35.2 Å². The number of hydrogen-bond acceptors (Lipinski definition) is 17. The van der Waals surface area contributed by atoms with Crippen molar-refractivity contribution >= 4 is 73.6 Å². The van der Waals surface area contributed by atoms with Crippen molar-refractivity contribution in [2.24, 2.45) is 0 Å². The third kappa shape index (κ3) is 46.6. The van der Waals surface area contributed by atoms with Crippen molar-refractivity contribution in [2.75, 3.05) is 0 Å². The van der Waals surface area contributed by atoms with E-state index in [4.69, 9.17) is 50.2 Å². The normalized spacial score (nSPS) is 10.1. The number of hydrogen-bond donors (Lipinski definition) is 4. The molecule has 6 radical (unpaired) electrons. The Morgan fingerprint density at radius 1 is 0.398 bits per heavy atom. The Kier molecular flexibility index (Phi) is 59.2. The smallest absolute Gasteiger partial charge is 0.417 e. The molecule has 0 amide bonds. The third-order valence-electron chi connectivity index (χ3n) is 14.3. The Labute approximate surface area is 804 Å². The van der Waals surface area contributed by atoms with Gasteiger partial charge in [-0.2, -0.15) is 23.4 Å². The molecule has 0 atom stereocenters. The minimum Gasteiger partial charge on any atom is -0.512 e. The first kappa shape index (κ1) is 115. The average molecular weight is 2760 g/mol. The summed E-state index contributed by atoms with van der Waals surface area (Å²) in [6, 6.07) is 90.1. The number of carbonyl (C=O) groups is 4. The number of aryl methyl sites for hydroxylation is 1. The van der Waals surface area contributed by atoms with Crippen molar-refractivity contribution in [3.05, 3.63) is 384 Å². The van der Waals surface area contributed by atoms with Crippen LogP contribution in [0.3, 0.4) is 0 Å². The number of allylic oxidation sites excluding steroid dienone is 8. The second kappa shape index (κ2) is 63.5. The molecule has 0 unspecified atom stereocenters. The Morgan fingerprint density at radius 2 is 0.846 bits per heavy atom. The van der Waals surface area contributed by atoms with Crippen molar-refractivity contribution in [2.45, 2.75) is 68.5 Å². The molecule has 4 N–H and O–H groups in total. The number of carbonyl (C=O) groups excluding carboxylic acids is 4. The molecule has 8 aromatic carbocycles. The zero-order valence-electron chi connectivity index (χ0n) is 67.0. The van der Waals surface area contributed by atoms with Crippen LogP contribution >= 0.6 is 23.2 Å². The van der Waals surface area contributed by atoms with Gasteiger partial charge in [-0.05, 0) is 104 Å². The van der Waals surface area contributed by atoms with Crippen molar-refractivity contribution in [3.8, 4) is 67.5 Å². The first-order valence-corrected chi connectivity index (χ1v) is 36.0. The van der Waals surface area contributed by atoms with E-state index in [1.807, 2.05) is 146 Å². The van der Waals surface area contributed by atoms with Crippen LogP contribution in [0.15, 0.2) is 315 Å². The zero-order valence-corrected chi connectivity index (χ0v) is 82.9. The molecule has 29 heteroatoms. The number of halogens is 5. The summed E-state index contributed by atoms with van der Waals surface area (Å²) in [5.41, 5.74) is 11.2. The van der Waals surface area contributed by atoms with Crippen LogP contribution in [0.5, 0.6) is 0 Å². The predicted octanol–water partition coefficient (Wildman–Crippen LogP) is 23.1. The van der Waals surface area contributed by atoms with Gasteiger partial charge < -0.3 is 35.4 Å². The number of fused-ring (bicyclic) bond motifs is 2. The molecule has 18 nitrogen and oxygen atoms in total. The van der Waals surface area contributed by atoms with E-state index >= 15 is 0 Å². The molecule has 6 aromatic heterocycles. The molecule has 0 bridgehead atoms. The zero-order chi connectivity index (χ0) is 85.5. The van der Waals surface area contributed by atoms with Gasteiger partial charge in [0.15, 0.2) is 28.8 Å². The van der Waals surface area contributed by atoms with E-state index in [0.29, 0.717) is 27.3 Å². The summed E-state index contributed by atoms with van der Waals surface area (Å²) < 4.78 is 36.8. The van der Waals surface area contributed by atoms with Gasteiger partial charge >= 0.3 is 6.18 Å². The van der Waals surface area contributed by atoms with Gasteiger partial charge in [0.2, 0.25) is 0 Å². The van der Waals surface area contributed by atoms with E-state index in [2.05, 4.69) is 124 Å². The van der Waals surface area contributed by atoms with Crippen molar-refractivity contribution < 1.29 is 173 Å². The van der Waals surface area contributed by atoms with Crippen molar-refractivity contribution in [1.29, 1.82) is 0 Å². The minimum absolute atomic E-state index is 0. The Bertz CT molecular complexity index is 5420. The average Bonchev–Trinajstić information content (AvgIpc) is 0.805. The van der Waals surface area contributed by atoms with Crippen molar-refractivity contribution in [3.63, 3.8) is 0 Å². The molecule has 0 aliphatic heterocycles. The number of benzene rings is 8. The van der Waals surface area contributed by atoms with E-state index < -0.39 is 11.7 Å². The second-order valence-electron chi connectivity index (χ2n) is 24.3. The minimum atomic E-state index is -4.34. The summed E-state index contributed by atoms with van der Waals surface area (Å²) in [5, 5.41) is 54.2. The number of pyridine rings is 3. The van der Waals surface area contributed by atoms with Crippen LogP contribution in [0.2, 0.25) is 10.3 Å². The van der Waals surface area contributed by atoms with Crippen LogP contribution in [0.1, 0.15) is 66.5 Å². The molecule has 648 valence electrons. The fourth-order valence-electron chi connectivity index (χ4n) is 9.49. The topological polar surface area (TPSA) is 270 Å². The maximum absolute atomic E-state index is 12.3. The number of ketones is 4. The van der Waals surface area contributed by atoms with Crippen LogP contribution in [-0.2, 0) is 146 Å². The Hall–Kier alpha value is -10.4. The van der Waals surface area contributed by atoms with E-state index in [1.165, 1.54) is 96.7 Å². The number of nitrogens with zero attached hydrogens (tertiary/aromatic N) is 10. The van der Waals surface area contributed by atoms with Gasteiger partial charge in [0, 0.05) is 199 Å². The first-order valence-electron chi connectivity index (χ1n) is 35.2. The molecule has 0 aliphatic rings. The van der Waals surface area contributed by atoms with Gasteiger partial charge in [-0.3, -0.25) is 29.1 Å². The van der Waals surface area contributed by atoms with Gasteiger partial charge in [-0.15, -0.1) is 213 Å². The van der Waals surface area contributed by atoms with Gasteiger partial charge in [0.1, 0.15) is 10.3 Å². The fraction of sp³-hybridized carbons (Fsp3) is 0.106. The van der Waals surface area contributed by atoms with E-state index in [0.717, 1.165) is 84.7 Å². The molecule has 0 fully saturated rings. The number of aliphatic hydroxyl groups excluding tert-OH is 4. The second-order valence-corrected chi connectivity index (χ2v) is 25.0. The van der Waals surface area contributed by atoms with Gasteiger partial charge in [0.25, 0.3) is 0 Å². The molecule has 14 aromatic rings. The summed E-state index contributed by atoms with van der Waals surface area (Å²) >= 11 is 11.2. The number of alkyl halides is 3. The summed E-state index contributed by atoms with van der Waals surface area (Å²) in [6.45, 7) is 20.5. The van der Waals surface area contributed by atoms with Crippen LogP contribution < -0.4 is 0 Å². The Balaban J connectivity index is 0. The van der Waals surface area contributed by atoms with Gasteiger partial charge in [-0.1, -0.05) is 124 Å². The first-order chi connectivity index (χ1) is 56.0. The van der Waals surface area contributed by atoms with Crippen LogP contribution in [-0.4, -0.2) is 88.9 Å². The van der Waals surface area contributed by atoms with Crippen molar-refractivity contribution in [1.82, 2.24) is 45.3 Å². The summed E-state index contributed by atoms with van der Waals surface area (Å²) in [7, 11) is 0. The molecule has 0 saturated carbocycles. The van der Waals surface area contributed by atoms with Crippen LogP contribution in [0.25, 0.3) is 93.9 Å². The monoisotopic (exact) mass is 2760 g/mol. The molecular formula is C94H79Cl2F3Ir6N10O8-6. The molecule has 0 aliphatic carbocycles. The standard InChI is InChI=1S/C16H9N2.C14H9N2.C12H7F3N.C12H10N.2C10H6ClN2.4C5H8O2.6Ir/c1-17-13-9-10-18-16(11-13)15-8-4-6-12-5-2-3-7-14(12)15;1-2-4-12-9-13(6-5-11(12)3-1)14-10-15-7-8-16-14;13-12(14,15)10-6-7-11(16-8-10)9-4-2-1-3-5-9;1-10-6-5-9-13-12(10)11-7-3-2-4-8-11;2*11-10-7-6-9(12-13-10)8-4-2-1-3-5-8;4*1-4(6)3-5(2)7;;;;;;/h2-7,9-11H;1-8,10H;1-4,6-8H;2-7,9H,1H3;2*1-4,6-7H;4*3,6H,1-2H3;;;;;;/q6*-1;;;;;;;;;;. The summed E-state index contributed by atoms with van der Waals surface area (Å²) in [6.07, 6.45) is 9.74. The van der Waals surface area contributed by atoms with E-state index in [1.54, 1.807) is 73.3 Å². The number of aliphatic hydroxyl groups is 4. The number of rotatable bonds is 10. The van der Waals surface area contributed by atoms with Crippen LogP contribution in [0, 0.1) is 49.9 Å². The SMILES string of the molecule is CC(=O)C=C(C)O.CC(=O)C=C(C)O.CC(=O)C=C(C)O.CC(=O)C=C(C)O.Cc1cccnc1-c1[c-]cccc1.Clc1ccc(-c2[c-]cccc2)nn1.Clc1ccc(-c2[c-]cccc2)nn1.FC(F)(F)c1ccc(-c2[c-]cccc2)nc1.[C-]#[N+]c1ccnc(-c2[c-]ccc3ccccc23)c1.[Ir].[Ir].[Ir].[Ir].[Ir].[Ir].[c-]1c(-c2cnccn2)ccc2ccccc12. The molecule has 0 saturated heterocycles. The fourth-order valence-corrected chi connectivity index (χ4v) is 9.69. The quantitative estimate of drug-likeness (QED) is 0.0563. The molecule has 0 spiro atoms. The Morgan fingerprint density at radius 3 is 1.24 bits per heavy atom. The summed E-state index contributed by atoms with van der Waals surface area (Å²) in [4.78, 5) is 64.2.